The number of carbonyl (C=O) groups excluding carboxylic acids is 1. The molecule has 3 heterocycles. The summed E-state index contributed by atoms with van der Waals surface area (Å²) in [5.74, 6) is 0.803. The highest BCUT2D eigenvalue weighted by atomic mass is 16.5. The molecule has 3 atom stereocenters. The van der Waals surface area contributed by atoms with Crippen LogP contribution in [0.1, 0.15) is 55.3 Å². The van der Waals surface area contributed by atoms with Gasteiger partial charge in [-0.3, -0.25) is 4.79 Å². The van der Waals surface area contributed by atoms with Gasteiger partial charge in [-0.1, -0.05) is 49.4 Å². The van der Waals surface area contributed by atoms with Crippen molar-refractivity contribution in [1.82, 2.24) is 20.2 Å². The van der Waals surface area contributed by atoms with Gasteiger partial charge in [-0.2, -0.15) is 0 Å². The molecule has 7 nitrogen and oxygen atoms in total. The number of aromatic nitrogens is 2. The maximum Gasteiger partial charge on any atom is 0.240 e. The number of aliphatic hydroxyl groups excluding tert-OH is 1. The van der Waals surface area contributed by atoms with Crippen LogP contribution in [-0.4, -0.2) is 44.9 Å². The number of aryl methyl sites for hydroxylation is 1. The highest BCUT2D eigenvalue weighted by Crippen LogP contribution is 2.49. The second-order valence-corrected chi connectivity index (χ2v) is 11.3. The van der Waals surface area contributed by atoms with Crippen LogP contribution in [-0.2, 0) is 24.2 Å². The zero-order valence-corrected chi connectivity index (χ0v) is 23.1. The third-order valence-electron chi connectivity index (χ3n) is 8.54. The van der Waals surface area contributed by atoms with Gasteiger partial charge in [0.1, 0.15) is 23.5 Å². The Hall–Kier alpha value is -3.68. The molecule has 0 bridgehead atoms. The molecule has 2 aliphatic rings. The molecule has 4 aromatic rings. The Morgan fingerprint density at radius 1 is 1.12 bits per heavy atom. The first kappa shape index (κ1) is 26.5. The summed E-state index contributed by atoms with van der Waals surface area (Å²) in [6.07, 6.45) is 8.55. The lowest BCUT2D eigenvalue weighted by atomic mass is 9.72. The lowest BCUT2D eigenvalue weighted by Crippen LogP contribution is -2.52. The number of benzene rings is 2. The van der Waals surface area contributed by atoms with Crippen molar-refractivity contribution in [2.75, 3.05) is 6.54 Å². The zero-order valence-electron chi connectivity index (χ0n) is 23.1. The Balaban J connectivity index is 1.17. The second kappa shape index (κ2) is 11.4. The Kier molecular flexibility index (Phi) is 7.59. The van der Waals surface area contributed by atoms with Gasteiger partial charge in [-0.25, -0.2) is 4.98 Å². The fourth-order valence-corrected chi connectivity index (χ4v) is 6.11. The van der Waals surface area contributed by atoms with Crippen LogP contribution in [0, 0.1) is 0 Å². The van der Waals surface area contributed by atoms with Crippen LogP contribution in [0.4, 0.5) is 0 Å². The zero-order chi connectivity index (χ0) is 27.5. The molecule has 0 saturated heterocycles. The summed E-state index contributed by atoms with van der Waals surface area (Å²) < 4.78 is 8.33. The van der Waals surface area contributed by atoms with E-state index in [1.807, 2.05) is 59.3 Å². The van der Waals surface area contributed by atoms with Crippen LogP contribution in [0.5, 0.6) is 5.75 Å². The van der Waals surface area contributed by atoms with Crippen molar-refractivity contribution in [1.29, 1.82) is 0 Å². The molecule has 1 saturated carbocycles. The van der Waals surface area contributed by atoms with Crippen LogP contribution in [0.25, 0.3) is 11.0 Å². The molecule has 0 unspecified atom stereocenters. The van der Waals surface area contributed by atoms with E-state index in [0.29, 0.717) is 13.0 Å². The maximum atomic E-state index is 13.2. The number of pyridine rings is 1. The SMILES string of the molecule is CCc1ccc2c(c1)[C@@H](NC[C@H](O)[C@H](Cc1ccccc1)NC(=O)Cn1ccc3cccnc31)CC1(CCC1)O2. The van der Waals surface area contributed by atoms with Gasteiger partial charge >= 0.3 is 0 Å². The number of ether oxygens (including phenoxy) is 1. The van der Waals surface area contributed by atoms with E-state index in [1.165, 1.54) is 17.5 Å². The van der Waals surface area contributed by atoms with Gasteiger partial charge in [0.2, 0.25) is 5.91 Å². The topological polar surface area (TPSA) is 88.4 Å². The van der Waals surface area contributed by atoms with Gasteiger partial charge < -0.3 is 25.0 Å². The predicted molar refractivity (Wildman–Crippen MR) is 156 cm³/mol. The first-order valence-corrected chi connectivity index (χ1v) is 14.5. The van der Waals surface area contributed by atoms with Gasteiger partial charge in [0.05, 0.1) is 12.1 Å². The molecule has 2 aromatic carbocycles. The average Bonchev–Trinajstić information content (AvgIpc) is 3.37. The van der Waals surface area contributed by atoms with E-state index in [0.717, 1.165) is 48.0 Å². The van der Waals surface area contributed by atoms with Crippen molar-refractivity contribution in [3.8, 4) is 5.75 Å². The number of amides is 1. The summed E-state index contributed by atoms with van der Waals surface area (Å²) in [4.78, 5) is 17.6. The van der Waals surface area contributed by atoms with Crippen molar-refractivity contribution in [2.24, 2.45) is 0 Å². The molecule has 1 fully saturated rings. The number of fused-ring (bicyclic) bond motifs is 2. The van der Waals surface area contributed by atoms with Gasteiger partial charge in [0.15, 0.2) is 0 Å². The van der Waals surface area contributed by atoms with E-state index in [-0.39, 0.29) is 24.1 Å². The van der Waals surface area contributed by atoms with E-state index in [2.05, 4.69) is 40.7 Å². The third kappa shape index (κ3) is 5.62. The quantitative estimate of drug-likeness (QED) is 0.272. The highest BCUT2D eigenvalue weighted by Gasteiger charge is 2.45. The van der Waals surface area contributed by atoms with E-state index in [9.17, 15) is 9.90 Å². The van der Waals surface area contributed by atoms with Crippen molar-refractivity contribution in [3.05, 3.63) is 95.8 Å². The van der Waals surface area contributed by atoms with Crippen molar-refractivity contribution < 1.29 is 14.6 Å². The number of nitrogens with one attached hydrogen (secondary N) is 2. The molecule has 7 heteroatoms. The molecule has 6 rings (SSSR count). The summed E-state index contributed by atoms with van der Waals surface area (Å²) >= 11 is 0. The molecule has 1 amide bonds. The molecule has 1 aliphatic carbocycles. The number of hydrogen-bond acceptors (Lipinski definition) is 5. The minimum absolute atomic E-state index is 0.0931. The first-order valence-electron chi connectivity index (χ1n) is 14.5. The van der Waals surface area contributed by atoms with Crippen LogP contribution in [0.3, 0.4) is 0 Å². The maximum absolute atomic E-state index is 13.2. The molecular weight excluding hydrogens is 500 g/mol. The number of hydrogen-bond donors (Lipinski definition) is 3. The van der Waals surface area contributed by atoms with E-state index in [4.69, 9.17) is 4.74 Å². The molecule has 1 aliphatic heterocycles. The first-order chi connectivity index (χ1) is 19.5. The Morgan fingerprint density at radius 2 is 1.98 bits per heavy atom. The van der Waals surface area contributed by atoms with E-state index in [1.54, 1.807) is 6.20 Å². The van der Waals surface area contributed by atoms with Crippen LogP contribution >= 0.6 is 0 Å². The van der Waals surface area contributed by atoms with Crippen LogP contribution in [0.15, 0.2) is 79.1 Å². The highest BCUT2D eigenvalue weighted by molar-refractivity contribution is 5.81. The molecule has 1 spiro atoms. The lowest BCUT2D eigenvalue weighted by Gasteiger charge is -2.48. The van der Waals surface area contributed by atoms with Crippen molar-refractivity contribution >= 4 is 16.9 Å². The second-order valence-electron chi connectivity index (χ2n) is 11.3. The molecule has 40 heavy (non-hydrogen) atoms. The monoisotopic (exact) mass is 538 g/mol. The summed E-state index contributed by atoms with van der Waals surface area (Å²) in [6, 6.07) is 22.0. The lowest BCUT2D eigenvalue weighted by molar-refractivity contribution is -0.123. The fraction of sp³-hybridized carbons (Fsp3) is 0.394. The average molecular weight is 539 g/mol. The molecule has 208 valence electrons. The minimum Gasteiger partial charge on any atom is -0.487 e. The third-order valence-corrected chi connectivity index (χ3v) is 8.54. The van der Waals surface area contributed by atoms with Gasteiger partial charge in [-0.05, 0) is 67.5 Å². The molecular formula is C33H38N4O3. The summed E-state index contributed by atoms with van der Waals surface area (Å²) in [6.45, 7) is 2.67. The van der Waals surface area contributed by atoms with Crippen LogP contribution in [0.2, 0.25) is 0 Å². The van der Waals surface area contributed by atoms with Gasteiger partial charge in [-0.15, -0.1) is 0 Å². The molecule has 0 radical (unpaired) electrons. The Labute approximate surface area is 235 Å². The summed E-state index contributed by atoms with van der Waals surface area (Å²) in [5, 5.41) is 19.3. The predicted octanol–water partition coefficient (Wildman–Crippen LogP) is 4.72. The standard InChI is InChI=1S/C33H38N4O3/c1-2-23-11-12-30-26(18-23)28(20-33(40-30)14-7-15-33)35-21-29(38)27(19-24-8-4-3-5-9-24)36-31(39)22-37-17-13-25-10-6-16-34-32(25)37/h3-6,8-13,16-18,27-29,35,38H,2,7,14-15,19-22H2,1H3,(H,36,39)/t27-,28-,29-/m0/s1. The largest absolute Gasteiger partial charge is 0.487 e. The number of nitrogens with zero attached hydrogens (tertiary/aromatic N) is 2. The van der Waals surface area contributed by atoms with E-state index >= 15 is 0 Å². The van der Waals surface area contributed by atoms with Gasteiger partial charge in [0.25, 0.3) is 0 Å². The van der Waals surface area contributed by atoms with Crippen molar-refractivity contribution in [2.45, 2.75) is 75.8 Å². The fourth-order valence-electron chi connectivity index (χ4n) is 6.11. The minimum atomic E-state index is -0.776. The Bertz CT molecular complexity index is 1460. The molecule has 2 aromatic heterocycles. The normalized spacial score (nSPS) is 18.9. The number of carbonyl (C=O) groups is 1. The van der Waals surface area contributed by atoms with E-state index < -0.39 is 12.1 Å². The number of rotatable bonds is 10. The summed E-state index contributed by atoms with van der Waals surface area (Å²) in [7, 11) is 0. The van der Waals surface area contributed by atoms with Crippen LogP contribution < -0.4 is 15.4 Å². The molecule has 3 N–H and O–H groups in total. The number of aliphatic hydroxyl groups is 1. The summed E-state index contributed by atoms with van der Waals surface area (Å²) in [5.41, 5.74) is 4.18. The van der Waals surface area contributed by atoms with Gasteiger partial charge in [0, 0.05) is 42.4 Å². The Morgan fingerprint density at radius 3 is 2.75 bits per heavy atom. The smallest absolute Gasteiger partial charge is 0.240 e. The van der Waals surface area contributed by atoms with Crippen molar-refractivity contribution in [3.63, 3.8) is 0 Å².